The zero-order chi connectivity index (χ0) is 10.4. The molecule has 13 heavy (non-hydrogen) atoms. The van der Waals surface area contributed by atoms with Crippen LogP contribution in [0.4, 0.5) is 0 Å². The quantitative estimate of drug-likeness (QED) is 0.633. The lowest BCUT2D eigenvalue weighted by Crippen LogP contribution is -2.34. The van der Waals surface area contributed by atoms with Crippen LogP contribution in [0.5, 0.6) is 0 Å². The smallest absolute Gasteiger partial charge is 0.131 e. The Morgan fingerprint density at radius 2 is 1.92 bits per heavy atom. The van der Waals surface area contributed by atoms with Crippen molar-refractivity contribution in [2.24, 2.45) is 5.92 Å². The Kier molecular flexibility index (Phi) is 5.97. The van der Waals surface area contributed by atoms with Crippen LogP contribution in [0.3, 0.4) is 0 Å². The number of carbonyl (C=O) groups excluding carboxylic acids is 1. The number of Topliss-reactive ketones (excluding diaryl/α,β-unsaturated/α-hetero) is 1. The normalized spacial score (nSPS) is 15.8. The summed E-state index contributed by atoms with van der Waals surface area (Å²) in [4.78, 5) is 13.2. The van der Waals surface area contributed by atoms with E-state index in [1.165, 1.54) is 6.42 Å². The molecule has 0 aliphatic carbocycles. The van der Waals surface area contributed by atoms with Crippen LogP contribution in [0.15, 0.2) is 0 Å². The topological polar surface area (TPSA) is 20.3 Å². The molecule has 2 atom stereocenters. The van der Waals surface area contributed by atoms with Gasteiger partial charge in [-0.05, 0) is 26.8 Å². The minimum atomic E-state index is 0.281. The number of ketones is 1. The molecule has 0 aliphatic heterocycles. The first-order valence-corrected chi connectivity index (χ1v) is 5.17. The van der Waals surface area contributed by atoms with Crippen molar-refractivity contribution in [2.45, 2.75) is 46.6 Å². The SMILES string of the molecule is CCC(C)CN(C)C(C)CC(C)=O. The number of hydrogen-bond acceptors (Lipinski definition) is 2. The second kappa shape index (κ2) is 6.14. The molecule has 78 valence electrons. The maximum atomic E-state index is 10.9. The summed E-state index contributed by atoms with van der Waals surface area (Å²) in [6, 6.07) is 0.381. The predicted molar refractivity (Wildman–Crippen MR) is 56.8 cm³/mol. The van der Waals surface area contributed by atoms with Crippen LogP contribution in [-0.2, 0) is 4.79 Å². The Morgan fingerprint density at radius 3 is 2.31 bits per heavy atom. The van der Waals surface area contributed by atoms with E-state index in [1.54, 1.807) is 6.92 Å². The second-order valence-electron chi connectivity index (χ2n) is 4.21. The zero-order valence-corrected chi connectivity index (χ0v) is 9.63. The molecule has 0 aliphatic rings. The molecule has 2 heteroatoms. The van der Waals surface area contributed by atoms with Gasteiger partial charge in [0, 0.05) is 19.0 Å². The van der Waals surface area contributed by atoms with Crippen molar-refractivity contribution < 1.29 is 4.79 Å². The van der Waals surface area contributed by atoms with Gasteiger partial charge in [0.25, 0.3) is 0 Å². The van der Waals surface area contributed by atoms with E-state index in [9.17, 15) is 4.79 Å². The van der Waals surface area contributed by atoms with E-state index in [0.717, 1.165) is 12.5 Å². The number of carbonyl (C=O) groups is 1. The van der Waals surface area contributed by atoms with E-state index in [-0.39, 0.29) is 5.78 Å². The highest BCUT2D eigenvalue weighted by atomic mass is 16.1. The Labute approximate surface area is 82.3 Å². The highest BCUT2D eigenvalue weighted by molar-refractivity contribution is 5.76. The summed E-state index contributed by atoms with van der Waals surface area (Å²) in [6.07, 6.45) is 1.88. The third-order valence-electron chi connectivity index (χ3n) is 2.63. The lowest BCUT2D eigenvalue weighted by Gasteiger charge is -2.26. The molecule has 0 heterocycles. The van der Waals surface area contributed by atoms with Crippen LogP contribution >= 0.6 is 0 Å². The van der Waals surface area contributed by atoms with E-state index < -0.39 is 0 Å². The molecular formula is C11H23NO. The summed E-state index contributed by atoms with van der Waals surface area (Å²) in [5.74, 6) is 1.00. The fraction of sp³-hybridized carbons (Fsp3) is 0.909. The maximum absolute atomic E-state index is 10.9. The average Bonchev–Trinajstić information content (AvgIpc) is 2.02. The van der Waals surface area contributed by atoms with Crippen molar-refractivity contribution in [1.82, 2.24) is 4.90 Å². The number of nitrogens with zero attached hydrogens (tertiary/aromatic N) is 1. The molecule has 0 N–H and O–H groups in total. The molecule has 0 saturated heterocycles. The molecule has 2 nitrogen and oxygen atoms in total. The lowest BCUT2D eigenvalue weighted by atomic mass is 10.1. The van der Waals surface area contributed by atoms with Crippen LogP contribution in [0.2, 0.25) is 0 Å². The molecule has 0 aromatic rings. The summed E-state index contributed by atoms with van der Waals surface area (Å²) in [7, 11) is 2.10. The van der Waals surface area contributed by atoms with Crippen molar-refractivity contribution in [3.05, 3.63) is 0 Å². The largest absolute Gasteiger partial charge is 0.303 e. The minimum absolute atomic E-state index is 0.281. The second-order valence-corrected chi connectivity index (χ2v) is 4.21. The standard InChI is InChI=1S/C11H23NO/c1-6-9(2)8-12(5)10(3)7-11(4)13/h9-10H,6-8H2,1-5H3. The monoisotopic (exact) mass is 185 g/mol. The number of rotatable bonds is 6. The fourth-order valence-electron chi connectivity index (χ4n) is 1.37. The maximum Gasteiger partial charge on any atom is 0.131 e. The molecular weight excluding hydrogens is 162 g/mol. The van der Waals surface area contributed by atoms with E-state index in [2.05, 4.69) is 32.7 Å². The van der Waals surface area contributed by atoms with Crippen LogP contribution < -0.4 is 0 Å². The highest BCUT2D eigenvalue weighted by Gasteiger charge is 2.12. The zero-order valence-electron chi connectivity index (χ0n) is 9.63. The van der Waals surface area contributed by atoms with Gasteiger partial charge in [0.15, 0.2) is 0 Å². The molecule has 0 bridgehead atoms. The summed E-state index contributed by atoms with van der Waals surface area (Å²) in [5, 5.41) is 0. The van der Waals surface area contributed by atoms with Crippen molar-refractivity contribution in [3.63, 3.8) is 0 Å². The Balaban J connectivity index is 3.81. The van der Waals surface area contributed by atoms with Crippen LogP contribution in [0.25, 0.3) is 0 Å². The molecule has 0 rings (SSSR count). The molecule has 0 aromatic heterocycles. The van der Waals surface area contributed by atoms with Gasteiger partial charge in [-0.2, -0.15) is 0 Å². The summed E-state index contributed by atoms with van der Waals surface area (Å²) in [6.45, 7) is 9.31. The van der Waals surface area contributed by atoms with Crippen molar-refractivity contribution in [3.8, 4) is 0 Å². The van der Waals surface area contributed by atoms with Gasteiger partial charge >= 0.3 is 0 Å². The van der Waals surface area contributed by atoms with E-state index in [0.29, 0.717) is 12.5 Å². The molecule has 0 aromatic carbocycles. The predicted octanol–water partition coefficient (Wildman–Crippen LogP) is 2.33. The van der Waals surface area contributed by atoms with E-state index >= 15 is 0 Å². The Morgan fingerprint density at radius 1 is 1.38 bits per heavy atom. The van der Waals surface area contributed by atoms with Gasteiger partial charge in [-0.1, -0.05) is 20.3 Å². The third-order valence-corrected chi connectivity index (χ3v) is 2.63. The Hall–Kier alpha value is -0.370. The molecule has 0 amide bonds. The molecule has 0 radical (unpaired) electrons. The summed E-state index contributed by atoms with van der Waals surface area (Å²) < 4.78 is 0. The molecule has 2 unspecified atom stereocenters. The van der Waals surface area contributed by atoms with Gasteiger partial charge in [0.2, 0.25) is 0 Å². The van der Waals surface area contributed by atoms with Crippen molar-refractivity contribution >= 4 is 5.78 Å². The van der Waals surface area contributed by atoms with Crippen LogP contribution in [-0.4, -0.2) is 30.3 Å². The van der Waals surface area contributed by atoms with Crippen LogP contribution in [0, 0.1) is 5.92 Å². The molecule has 0 fully saturated rings. The van der Waals surface area contributed by atoms with Crippen molar-refractivity contribution in [1.29, 1.82) is 0 Å². The highest BCUT2D eigenvalue weighted by Crippen LogP contribution is 2.08. The molecule has 0 saturated carbocycles. The Bertz CT molecular complexity index is 156. The van der Waals surface area contributed by atoms with Gasteiger partial charge in [-0.3, -0.25) is 4.79 Å². The van der Waals surface area contributed by atoms with Gasteiger partial charge in [-0.15, -0.1) is 0 Å². The first kappa shape index (κ1) is 12.6. The minimum Gasteiger partial charge on any atom is -0.303 e. The molecule has 0 spiro atoms. The number of hydrogen-bond donors (Lipinski definition) is 0. The fourth-order valence-corrected chi connectivity index (χ4v) is 1.37. The van der Waals surface area contributed by atoms with Gasteiger partial charge < -0.3 is 4.90 Å². The van der Waals surface area contributed by atoms with Gasteiger partial charge in [0.1, 0.15) is 5.78 Å². The van der Waals surface area contributed by atoms with Crippen molar-refractivity contribution in [2.75, 3.05) is 13.6 Å². The average molecular weight is 185 g/mol. The lowest BCUT2D eigenvalue weighted by molar-refractivity contribution is -0.118. The summed E-state index contributed by atoms with van der Waals surface area (Å²) >= 11 is 0. The first-order valence-electron chi connectivity index (χ1n) is 5.17. The third kappa shape index (κ3) is 5.81. The first-order chi connectivity index (χ1) is 5.97. The van der Waals surface area contributed by atoms with E-state index in [4.69, 9.17) is 0 Å². The summed E-state index contributed by atoms with van der Waals surface area (Å²) in [5.41, 5.74) is 0. The van der Waals surface area contributed by atoms with Crippen LogP contribution in [0.1, 0.15) is 40.5 Å². The van der Waals surface area contributed by atoms with Gasteiger partial charge in [0.05, 0.1) is 0 Å². The van der Waals surface area contributed by atoms with E-state index in [1.807, 2.05) is 0 Å². The van der Waals surface area contributed by atoms with Gasteiger partial charge in [-0.25, -0.2) is 0 Å².